The van der Waals surface area contributed by atoms with Gasteiger partial charge in [0.15, 0.2) is 0 Å². The van der Waals surface area contributed by atoms with E-state index < -0.39 is 0 Å². The lowest BCUT2D eigenvalue weighted by Gasteiger charge is -2.26. The van der Waals surface area contributed by atoms with Crippen LogP contribution in [-0.2, 0) is 0 Å². The van der Waals surface area contributed by atoms with Crippen molar-refractivity contribution in [1.82, 2.24) is 0 Å². The predicted octanol–water partition coefficient (Wildman–Crippen LogP) is 7.44. The van der Waals surface area contributed by atoms with Crippen LogP contribution in [0, 0.1) is 13.8 Å². The highest BCUT2D eigenvalue weighted by atomic mass is 15.1. The fourth-order valence-corrected chi connectivity index (χ4v) is 3.41. The third kappa shape index (κ3) is 3.78. The van der Waals surface area contributed by atoms with E-state index in [1.165, 1.54) is 33.6 Å². The average molecular weight is 349 g/mol. The van der Waals surface area contributed by atoms with Gasteiger partial charge in [0.25, 0.3) is 0 Å². The van der Waals surface area contributed by atoms with Crippen molar-refractivity contribution in [1.29, 1.82) is 0 Å². The molecule has 132 valence electrons. The monoisotopic (exact) mass is 349 g/mol. The van der Waals surface area contributed by atoms with Gasteiger partial charge in [-0.15, -0.1) is 0 Å². The van der Waals surface area contributed by atoms with Crippen LogP contribution < -0.4 is 4.90 Å². The Kier molecular flexibility index (Phi) is 4.76. The summed E-state index contributed by atoms with van der Waals surface area (Å²) >= 11 is 0. The Morgan fingerprint density at radius 3 is 1.48 bits per heavy atom. The first kappa shape index (κ1) is 17.1. The number of benzene rings is 4. The Hall–Kier alpha value is -3.32. The molecule has 0 heterocycles. The van der Waals surface area contributed by atoms with Crippen molar-refractivity contribution in [2.45, 2.75) is 13.8 Å². The molecule has 0 N–H and O–H groups in total. The molecule has 0 bridgehead atoms. The second-order valence-corrected chi connectivity index (χ2v) is 6.93. The van der Waals surface area contributed by atoms with Gasteiger partial charge < -0.3 is 4.90 Å². The summed E-state index contributed by atoms with van der Waals surface area (Å²) in [6, 6.07) is 36.6. The van der Waals surface area contributed by atoms with Crippen molar-refractivity contribution in [2.24, 2.45) is 0 Å². The minimum Gasteiger partial charge on any atom is -0.310 e. The molecule has 0 saturated carbocycles. The molecule has 0 atom stereocenters. The van der Waals surface area contributed by atoms with Gasteiger partial charge in [-0.1, -0.05) is 66.7 Å². The molecule has 4 aromatic rings. The van der Waals surface area contributed by atoms with E-state index in [0.29, 0.717) is 0 Å². The predicted molar refractivity (Wildman–Crippen MR) is 116 cm³/mol. The highest BCUT2D eigenvalue weighted by molar-refractivity contribution is 5.78. The molecule has 0 radical (unpaired) electrons. The van der Waals surface area contributed by atoms with E-state index in [1.54, 1.807) is 0 Å². The molecule has 0 amide bonds. The largest absolute Gasteiger partial charge is 0.310 e. The molecular weight excluding hydrogens is 326 g/mol. The minimum atomic E-state index is 1.16. The molecule has 4 aromatic carbocycles. The molecule has 0 aliphatic carbocycles. The second kappa shape index (κ2) is 7.51. The minimum absolute atomic E-state index is 1.16. The zero-order valence-electron chi connectivity index (χ0n) is 15.8. The molecule has 1 heteroatoms. The molecule has 4 rings (SSSR count). The third-order valence-electron chi connectivity index (χ3n) is 4.75. The van der Waals surface area contributed by atoms with Crippen molar-refractivity contribution < 1.29 is 0 Å². The van der Waals surface area contributed by atoms with E-state index in [-0.39, 0.29) is 0 Å². The molecule has 0 fully saturated rings. The van der Waals surface area contributed by atoms with E-state index in [2.05, 4.69) is 122 Å². The Labute approximate surface area is 161 Å². The number of nitrogens with zero attached hydrogens (tertiary/aromatic N) is 1. The zero-order valence-corrected chi connectivity index (χ0v) is 15.8. The van der Waals surface area contributed by atoms with E-state index >= 15 is 0 Å². The average Bonchev–Trinajstić information content (AvgIpc) is 2.70. The summed E-state index contributed by atoms with van der Waals surface area (Å²) in [6.07, 6.45) is 0. The molecule has 0 unspecified atom stereocenters. The van der Waals surface area contributed by atoms with E-state index in [9.17, 15) is 0 Å². The van der Waals surface area contributed by atoms with Crippen LogP contribution in [-0.4, -0.2) is 0 Å². The normalized spacial score (nSPS) is 10.6. The first-order chi connectivity index (χ1) is 13.2. The Morgan fingerprint density at radius 2 is 0.963 bits per heavy atom. The maximum Gasteiger partial charge on any atom is 0.0464 e. The molecule has 1 nitrogen and oxygen atoms in total. The third-order valence-corrected chi connectivity index (χ3v) is 4.75. The van der Waals surface area contributed by atoms with E-state index in [1.807, 2.05) is 0 Å². The molecule has 0 aliphatic heterocycles. The number of rotatable bonds is 4. The zero-order chi connectivity index (χ0) is 18.6. The summed E-state index contributed by atoms with van der Waals surface area (Å²) in [5, 5.41) is 0. The van der Waals surface area contributed by atoms with Crippen LogP contribution >= 0.6 is 0 Å². The quantitative estimate of drug-likeness (QED) is 0.370. The fraction of sp³-hybridized carbons (Fsp3) is 0.0769. The summed E-state index contributed by atoms with van der Waals surface area (Å²) in [5.74, 6) is 0. The summed E-state index contributed by atoms with van der Waals surface area (Å²) in [6.45, 7) is 4.27. The number of anilines is 3. The summed E-state index contributed by atoms with van der Waals surface area (Å²) in [5.41, 5.74) is 8.48. The molecule has 0 saturated heterocycles. The van der Waals surface area contributed by atoms with Crippen molar-refractivity contribution in [2.75, 3.05) is 4.90 Å². The molecular formula is C26H23N. The van der Waals surface area contributed by atoms with Crippen LogP contribution in [0.4, 0.5) is 17.1 Å². The van der Waals surface area contributed by atoms with Crippen LogP contribution in [0.25, 0.3) is 11.1 Å². The van der Waals surface area contributed by atoms with E-state index in [4.69, 9.17) is 0 Å². The highest BCUT2D eigenvalue weighted by Gasteiger charge is 2.12. The van der Waals surface area contributed by atoms with Crippen molar-refractivity contribution in [3.05, 3.63) is 114 Å². The fourth-order valence-electron chi connectivity index (χ4n) is 3.41. The Balaban J connectivity index is 1.79. The number of hydrogen-bond acceptors (Lipinski definition) is 1. The lowest BCUT2D eigenvalue weighted by molar-refractivity contribution is 1.26. The van der Waals surface area contributed by atoms with Crippen LogP contribution in [0.5, 0.6) is 0 Å². The van der Waals surface area contributed by atoms with Gasteiger partial charge in [0.05, 0.1) is 0 Å². The molecule has 0 aromatic heterocycles. The van der Waals surface area contributed by atoms with Gasteiger partial charge in [-0.05, 0) is 72.5 Å². The van der Waals surface area contributed by atoms with Crippen molar-refractivity contribution >= 4 is 17.1 Å². The van der Waals surface area contributed by atoms with Gasteiger partial charge >= 0.3 is 0 Å². The van der Waals surface area contributed by atoms with Crippen LogP contribution in [0.2, 0.25) is 0 Å². The number of hydrogen-bond donors (Lipinski definition) is 0. The first-order valence-electron chi connectivity index (χ1n) is 9.30. The smallest absolute Gasteiger partial charge is 0.0464 e. The van der Waals surface area contributed by atoms with Gasteiger partial charge in [-0.25, -0.2) is 0 Å². The SMILES string of the molecule is Cc1cccc(N(c2ccc(-c3ccccc3)cc2)c2cccc(C)c2)c1. The molecule has 0 spiro atoms. The maximum atomic E-state index is 2.31. The topological polar surface area (TPSA) is 3.24 Å². The second-order valence-electron chi connectivity index (χ2n) is 6.93. The summed E-state index contributed by atoms with van der Waals surface area (Å²) < 4.78 is 0. The summed E-state index contributed by atoms with van der Waals surface area (Å²) in [4.78, 5) is 2.31. The highest BCUT2D eigenvalue weighted by Crippen LogP contribution is 2.36. The van der Waals surface area contributed by atoms with Crippen LogP contribution in [0.3, 0.4) is 0 Å². The van der Waals surface area contributed by atoms with Gasteiger partial charge in [0, 0.05) is 17.1 Å². The van der Waals surface area contributed by atoms with Crippen molar-refractivity contribution in [3.8, 4) is 11.1 Å². The maximum absolute atomic E-state index is 2.31. The standard InChI is InChI=1S/C26H23N/c1-20-8-6-12-25(18-20)27(26-13-7-9-21(2)19-26)24-16-14-23(15-17-24)22-10-4-3-5-11-22/h3-19H,1-2H3. The number of aryl methyl sites for hydroxylation is 2. The lowest BCUT2D eigenvalue weighted by atomic mass is 10.0. The molecule has 27 heavy (non-hydrogen) atoms. The van der Waals surface area contributed by atoms with Gasteiger partial charge in [-0.2, -0.15) is 0 Å². The van der Waals surface area contributed by atoms with Crippen LogP contribution in [0.15, 0.2) is 103 Å². The van der Waals surface area contributed by atoms with Crippen molar-refractivity contribution in [3.63, 3.8) is 0 Å². The lowest BCUT2D eigenvalue weighted by Crippen LogP contribution is -2.10. The van der Waals surface area contributed by atoms with E-state index in [0.717, 1.165) is 5.69 Å². The Morgan fingerprint density at radius 1 is 0.444 bits per heavy atom. The Bertz CT molecular complexity index is 988. The van der Waals surface area contributed by atoms with Gasteiger partial charge in [0.1, 0.15) is 0 Å². The molecule has 0 aliphatic rings. The van der Waals surface area contributed by atoms with Gasteiger partial charge in [-0.3, -0.25) is 0 Å². The van der Waals surface area contributed by atoms with Crippen LogP contribution in [0.1, 0.15) is 11.1 Å². The van der Waals surface area contributed by atoms with Gasteiger partial charge in [0.2, 0.25) is 0 Å². The first-order valence-corrected chi connectivity index (χ1v) is 9.30. The summed E-state index contributed by atoms with van der Waals surface area (Å²) in [7, 11) is 0.